The molecule has 30 heavy (non-hydrogen) atoms. The first-order chi connectivity index (χ1) is 14.2. The fourth-order valence-electron chi connectivity index (χ4n) is 2.96. The highest BCUT2D eigenvalue weighted by Gasteiger charge is 2.26. The number of carbonyl (C=O) groups is 2. The van der Waals surface area contributed by atoms with Gasteiger partial charge in [-0.25, -0.2) is 0 Å². The van der Waals surface area contributed by atoms with Crippen LogP contribution in [0.2, 0.25) is 10.0 Å². The molecule has 0 radical (unpaired) electrons. The Hall–Kier alpha value is -1.69. The van der Waals surface area contributed by atoms with Crippen molar-refractivity contribution in [1.82, 2.24) is 10.2 Å². The SMILES string of the molecule is Cc1cccc(CSCC(=O)N(Cc2ccc(Cl)c(Cl)c2)[C@H](C)C(=O)NC(C)C)c1. The van der Waals surface area contributed by atoms with Gasteiger partial charge in [-0.2, -0.15) is 0 Å². The number of rotatable bonds is 9. The number of halogens is 2. The van der Waals surface area contributed by atoms with Crippen LogP contribution >= 0.6 is 35.0 Å². The first-order valence-electron chi connectivity index (χ1n) is 9.84. The van der Waals surface area contributed by atoms with Crippen LogP contribution in [-0.4, -0.2) is 34.6 Å². The summed E-state index contributed by atoms with van der Waals surface area (Å²) >= 11 is 13.7. The molecule has 0 spiro atoms. The fourth-order valence-corrected chi connectivity index (χ4v) is 4.14. The molecule has 7 heteroatoms. The summed E-state index contributed by atoms with van der Waals surface area (Å²) in [6.45, 7) is 7.87. The lowest BCUT2D eigenvalue weighted by molar-refractivity contribution is -0.138. The number of hydrogen-bond donors (Lipinski definition) is 1. The highest BCUT2D eigenvalue weighted by atomic mass is 35.5. The number of nitrogens with one attached hydrogen (secondary N) is 1. The molecule has 2 aromatic carbocycles. The van der Waals surface area contributed by atoms with Gasteiger partial charge in [0.1, 0.15) is 6.04 Å². The number of nitrogens with zero attached hydrogens (tertiary/aromatic N) is 1. The number of thioether (sulfide) groups is 1. The van der Waals surface area contributed by atoms with Gasteiger partial charge in [0.2, 0.25) is 11.8 Å². The van der Waals surface area contributed by atoms with Gasteiger partial charge in [0.25, 0.3) is 0 Å². The van der Waals surface area contributed by atoms with Crippen molar-refractivity contribution in [2.24, 2.45) is 0 Å². The molecule has 2 amide bonds. The van der Waals surface area contributed by atoms with Crippen LogP contribution in [0.3, 0.4) is 0 Å². The standard InChI is InChI=1S/C23H28Cl2N2O2S/c1-15(2)26-23(29)17(4)27(12-18-8-9-20(24)21(25)11-18)22(28)14-30-13-19-7-5-6-16(3)10-19/h5-11,15,17H,12-14H2,1-4H3,(H,26,29)/t17-/m1/s1. The Morgan fingerprint density at radius 2 is 1.77 bits per heavy atom. The van der Waals surface area contributed by atoms with E-state index >= 15 is 0 Å². The number of hydrogen-bond acceptors (Lipinski definition) is 3. The normalized spacial score (nSPS) is 12.0. The Bertz CT molecular complexity index is 889. The summed E-state index contributed by atoms with van der Waals surface area (Å²) < 4.78 is 0. The molecule has 1 atom stereocenters. The third-order valence-corrected chi connectivity index (χ3v) is 6.24. The van der Waals surface area contributed by atoms with Gasteiger partial charge < -0.3 is 10.2 Å². The summed E-state index contributed by atoms with van der Waals surface area (Å²) in [6.07, 6.45) is 0. The third-order valence-electron chi connectivity index (χ3n) is 4.51. The number of amides is 2. The Morgan fingerprint density at radius 1 is 1.03 bits per heavy atom. The zero-order valence-corrected chi connectivity index (χ0v) is 20.1. The summed E-state index contributed by atoms with van der Waals surface area (Å²) in [5, 5.41) is 3.77. The van der Waals surface area contributed by atoms with E-state index < -0.39 is 6.04 Å². The Morgan fingerprint density at radius 3 is 2.40 bits per heavy atom. The summed E-state index contributed by atoms with van der Waals surface area (Å²) in [4.78, 5) is 27.2. The average molecular weight is 467 g/mol. The molecule has 0 aliphatic carbocycles. The smallest absolute Gasteiger partial charge is 0.242 e. The fraction of sp³-hybridized carbons (Fsp3) is 0.391. The monoisotopic (exact) mass is 466 g/mol. The molecule has 0 aliphatic heterocycles. The van der Waals surface area contributed by atoms with Crippen molar-refractivity contribution in [3.63, 3.8) is 0 Å². The molecule has 0 aliphatic rings. The Labute approximate surface area is 193 Å². The molecule has 2 aromatic rings. The van der Waals surface area contributed by atoms with E-state index in [2.05, 4.69) is 17.4 Å². The third kappa shape index (κ3) is 7.53. The highest BCUT2D eigenvalue weighted by molar-refractivity contribution is 7.99. The maximum Gasteiger partial charge on any atom is 0.242 e. The molecule has 4 nitrogen and oxygen atoms in total. The van der Waals surface area contributed by atoms with Crippen LogP contribution in [0.25, 0.3) is 0 Å². The van der Waals surface area contributed by atoms with E-state index in [0.717, 1.165) is 11.3 Å². The van der Waals surface area contributed by atoms with Gasteiger partial charge in [0.05, 0.1) is 15.8 Å². The van der Waals surface area contributed by atoms with Crippen molar-refractivity contribution >= 4 is 46.8 Å². The van der Waals surface area contributed by atoms with Gasteiger partial charge in [-0.1, -0.05) is 59.1 Å². The van der Waals surface area contributed by atoms with Crippen LogP contribution in [0.5, 0.6) is 0 Å². The number of benzene rings is 2. The van der Waals surface area contributed by atoms with E-state index in [1.807, 2.05) is 39.0 Å². The number of carbonyl (C=O) groups excluding carboxylic acids is 2. The molecule has 0 saturated carbocycles. The first-order valence-corrected chi connectivity index (χ1v) is 11.8. The van der Waals surface area contributed by atoms with Gasteiger partial charge in [-0.15, -0.1) is 11.8 Å². The topological polar surface area (TPSA) is 49.4 Å². The van der Waals surface area contributed by atoms with Crippen LogP contribution in [0.4, 0.5) is 0 Å². The molecule has 2 rings (SSSR count). The minimum Gasteiger partial charge on any atom is -0.352 e. The van der Waals surface area contributed by atoms with Gasteiger partial charge in [-0.3, -0.25) is 9.59 Å². The zero-order valence-electron chi connectivity index (χ0n) is 17.7. The molecular formula is C23H28Cl2N2O2S. The lowest BCUT2D eigenvalue weighted by atomic mass is 10.1. The van der Waals surface area contributed by atoms with E-state index in [1.54, 1.807) is 35.7 Å². The first kappa shape index (κ1) is 24.6. The summed E-state index contributed by atoms with van der Waals surface area (Å²) in [5.74, 6) is 0.752. The quantitative estimate of drug-likeness (QED) is 0.532. The average Bonchev–Trinajstić information content (AvgIpc) is 2.67. The van der Waals surface area contributed by atoms with Crippen molar-refractivity contribution < 1.29 is 9.59 Å². The maximum atomic E-state index is 13.1. The second-order valence-electron chi connectivity index (χ2n) is 7.59. The minimum absolute atomic E-state index is 0.00225. The minimum atomic E-state index is -0.603. The van der Waals surface area contributed by atoms with Crippen molar-refractivity contribution in [2.45, 2.75) is 52.1 Å². The molecule has 0 heterocycles. The summed E-state index contributed by atoms with van der Waals surface area (Å²) in [7, 11) is 0. The Kier molecular flexibility index (Phi) is 9.53. The molecule has 0 bridgehead atoms. The maximum absolute atomic E-state index is 13.1. The molecule has 0 unspecified atom stereocenters. The van der Waals surface area contributed by atoms with Crippen LogP contribution in [0.1, 0.15) is 37.5 Å². The van der Waals surface area contributed by atoms with Gasteiger partial charge in [-0.05, 0) is 51.0 Å². The molecule has 0 aromatic heterocycles. The second-order valence-corrected chi connectivity index (χ2v) is 9.39. The van der Waals surface area contributed by atoms with Crippen LogP contribution < -0.4 is 5.32 Å². The van der Waals surface area contributed by atoms with Gasteiger partial charge >= 0.3 is 0 Å². The zero-order chi connectivity index (χ0) is 22.3. The lowest BCUT2D eigenvalue weighted by Gasteiger charge is -2.29. The molecular weight excluding hydrogens is 439 g/mol. The van der Waals surface area contributed by atoms with Gasteiger partial charge in [0, 0.05) is 18.3 Å². The number of aryl methyl sites for hydroxylation is 1. The van der Waals surface area contributed by atoms with E-state index in [1.165, 1.54) is 11.1 Å². The molecule has 0 saturated heterocycles. The predicted octanol–water partition coefficient (Wildman–Crippen LogP) is 5.48. The van der Waals surface area contributed by atoms with E-state index in [4.69, 9.17) is 23.2 Å². The summed E-state index contributed by atoms with van der Waals surface area (Å²) in [6, 6.07) is 12.9. The largest absolute Gasteiger partial charge is 0.352 e. The van der Waals surface area contributed by atoms with Crippen molar-refractivity contribution in [1.29, 1.82) is 0 Å². The van der Waals surface area contributed by atoms with Crippen LogP contribution in [0, 0.1) is 6.92 Å². The lowest BCUT2D eigenvalue weighted by Crippen LogP contribution is -2.49. The highest BCUT2D eigenvalue weighted by Crippen LogP contribution is 2.24. The molecule has 0 fully saturated rings. The summed E-state index contributed by atoms with van der Waals surface area (Å²) in [5.41, 5.74) is 3.19. The van der Waals surface area contributed by atoms with Crippen molar-refractivity contribution in [3.05, 3.63) is 69.2 Å². The van der Waals surface area contributed by atoms with Crippen molar-refractivity contribution in [3.8, 4) is 0 Å². The van der Waals surface area contributed by atoms with Crippen LogP contribution in [-0.2, 0) is 21.9 Å². The van der Waals surface area contributed by atoms with Crippen molar-refractivity contribution in [2.75, 3.05) is 5.75 Å². The van der Waals surface area contributed by atoms with E-state index in [-0.39, 0.29) is 30.2 Å². The van der Waals surface area contributed by atoms with Crippen LogP contribution in [0.15, 0.2) is 42.5 Å². The molecule has 162 valence electrons. The molecule has 1 N–H and O–H groups in total. The Balaban J connectivity index is 2.10. The van der Waals surface area contributed by atoms with E-state index in [9.17, 15) is 9.59 Å². The predicted molar refractivity (Wildman–Crippen MR) is 127 cm³/mol. The van der Waals surface area contributed by atoms with E-state index in [0.29, 0.717) is 10.0 Å². The van der Waals surface area contributed by atoms with Gasteiger partial charge in [0.15, 0.2) is 0 Å². The second kappa shape index (κ2) is 11.6.